The van der Waals surface area contributed by atoms with E-state index in [0.29, 0.717) is 11.2 Å². The molecule has 0 saturated carbocycles. The van der Waals surface area contributed by atoms with E-state index in [1.807, 2.05) is 0 Å². The first kappa shape index (κ1) is 32.2. The number of rotatable bonds is 12. The van der Waals surface area contributed by atoms with Crippen LogP contribution in [-0.2, 0) is 36.9 Å². The maximum Gasteiger partial charge on any atom is 0.573 e. The molecule has 4 aromatic rings. The molecule has 0 spiro atoms. The summed E-state index contributed by atoms with van der Waals surface area (Å²) in [5.41, 5.74) is -0.729. The van der Waals surface area contributed by atoms with Gasteiger partial charge in [0, 0.05) is 25.4 Å². The summed E-state index contributed by atoms with van der Waals surface area (Å²) < 4.78 is 95.2. The number of halogens is 7. The fourth-order valence-electron chi connectivity index (χ4n) is 3.68. The van der Waals surface area contributed by atoms with E-state index >= 15 is 0 Å². The van der Waals surface area contributed by atoms with Gasteiger partial charge in [-0.1, -0.05) is 28.7 Å². The number of nitrogens with zero attached hydrogens (tertiary/aromatic N) is 6. The Morgan fingerprint density at radius 3 is 2.57 bits per heavy atom. The molecule has 4 rings (SSSR count). The van der Waals surface area contributed by atoms with Crippen LogP contribution in [0.4, 0.5) is 35.9 Å². The SMILES string of the molecule is O=C(Cc1cccc(OC(F)(F)F)c1)Nc1nnc(CCC(F)Cn2cc(C(=O)NCc3cncc(C(F)(F)F)c3)nn2)s1. The van der Waals surface area contributed by atoms with Gasteiger partial charge in [0.05, 0.1) is 24.7 Å². The van der Waals surface area contributed by atoms with E-state index in [2.05, 4.69) is 40.9 Å². The summed E-state index contributed by atoms with van der Waals surface area (Å²) >= 11 is 0.996. The summed E-state index contributed by atoms with van der Waals surface area (Å²) in [6, 6.07) is 5.82. The van der Waals surface area contributed by atoms with E-state index in [1.54, 1.807) is 0 Å². The lowest BCUT2D eigenvalue weighted by Crippen LogP contribution is -2.23. The summed E-state index contributed by atoms with van der Waals surface area (Å²) in [7, 11) is 0. The molecule has 234 valence electrons. The van der Waals surface area contributed by atoms with Crippen molar-refractivity contribution in [2.75, 3.05) is 5.32 Å². The minimum atomic E-state index is -4.86. The van der Waals surface area contributed by atoms with Crippen molar-refractivity contribution >= 4 is 28.3 Å². The highest BCUT2D eigenvalue weighted by atomic mass is 32.1. The van der Waals surface area contributed by atoms with Crippen molar-refractivity contribution in [1.29, 1.82) is 0 Å². The van der Waals surface area contributed by atoms with Gasteiger partial charge in [-0.2, -0.15) is 13.2 Å². The van der Waals surface area contributed by atoms with E-state index in [9.17, 15) is 40.3 Å². The predicted octanol–water partition coefficient (Wildman–Crippen LogP) is 4.52. The number of aryl methyl sites for hydroxylation is 1. The molecule has 1 atom stereocenters. The number of alkyl halides is 7. The van der Waals surface area contributed by atoms with Crippen LogP contribution in [0.2, 0.25) is 0 Å². The molecule has 0 radical (unpaired) electrons. The molecule has 0 bridgehead atoms. The molecule has 2 amide bonds. The van der Waals surface area contributed by atoms with Gasteiger partial charge in [-0.25, -0.2) is 9.07 Å². The zero-order chi connectivity index (χ0) is 31.9. The number of pyridine rings is 1. The molecule has 3 aromatic heterocycles. The number of benzene rings is 1. The Morgan fingerprint density at radius 2 is 1.82 bits per heavy atom. The third-order valence-electron chi connectivity index (χ3n) is 5.61. The number of nitrogens with one attached hydrogen (secondary N) is 2. The number of carbonyl (C=O) groups is 2. The standard InChI is InChI=1S/C25H21F7N8O3S/c26-17(12-40-13-19(36-39-40)22(42)34-10-15-6-16(11-33-9-15)24(27,28)29)4-5-21-37-38-23(44-21)35-20(41)8-14-2-1-3-18(7-14)43-25(30,31)32/h1-3,6-7,9,11,13,17H,4-5,8,10,12H2,(H,34,42)(H,35,38,41). The highest BCUT2D eigenvalue weighted by Gasteiger charge is 2.32. The number of ether oxygens (including phenoxy) is 1. The average molecular weight is 647 g/mol. The van der Waals surface area contributed by atoms with Crippen molar-refractivity contribution in [2.24, 2.45) is 0 Å². The normalized spacial score (nSPS) is 12.5. The van der Waals surface area contributed by atoms with Crippen LogP contribution in [0, 0.1) is 0 Å². The van der Waals surface area contributed by atoms with Crippen LogP contribution >= 0.6 is 11.3 Å². The van der Waals surface area contributed by atoms with E-state index in [1.165, 1.54) is 24.5 Å². The van der Waals surface area contributed by atoms with Crippen LogP contribution in [-0.4, -0.2) is 54.5 Å². The van der Waals surface area contributed by atoms with Crippen LogP contribution in [0.15, 0.2) is 48.9 Å². The molecule has 0 aliphatic carbocycles. The predicted molar refractivity (Wildman–Crippen MR) is 139 cm³/mol. The van der Waals surface area contributed by atoms with Gasteiger partial charge in [0.1, 0.15) is 16.9 Å². The molecule has 1 unspecified atom stereocenters. The fraction of sp³-hybridized carbons (Fsp3) is 0.320. The molecule has 44 heavy (non-hydrogen) atoms. The Morgan fingerprint density at radius 1 is 1.02 bits per heavy atom. The van der Waals surface area contributed by atoms with Gasteiger partial charge in [-0.15, -0.1) is 28.5 Å². The molecule has 1 aromatic carbocycles. The lowest BCUT2D eigenvalue weighted by atomic mass is 10.1. The number of amides is 2. The Kier molecular flexibility index (Phi) is 10.1. The van der Waals surface area contributed by atoms with Crippen LogP contribution in [0.3, 0.4) is 0 Å². The first-order valence-corrected chi connectivity index (χ1v) is 13.4. The monoisotopic (exact) mass is 646 g/mol. The molecule has 0 aliphatic rings. The number of aromatic nitrogens is 6. The molecule has 0 aliphatic heterocycles. The number of hydrogen-bond acceptors (Lipinski definition) is 9. The van der Waals surface area contributed by atoms with Crippen molar-refractivity contribution in [3.63, 3.8) is 0 Å². The first-order chi connectivity index (χ1) is 20.7. The van der Waals surface area contributed by atoms with Crippen molar-refractivity contribution in [3.05, 3.63) is 76.3 Å². The topological polar surface area (TPSA) is 137 Å². The lowest BCUT2D eigenvalue weighted by molar-refractivity contribution is -0.274. The summed E-state index contributed by atoms with van der Waals surface area (Å²) in [4.78, 5) is 28.1. The van der Waals surface area contributed by atoms with Crippen LogP contribution < -0.4 is 15.4 Å². The van der Waals surface area contributed by atoms with E-state index in [4.69, 9.17) is 0 Å². The van der Waals surface area contributed by atoms with Gasteiger partial charge in [0.25, 0.3) is 5.91 Å². The average Bonchev–Trinajstić information content (AvgIpc) is 3.59. The molecule has 2 N–H and O–H groups in total. The second kappa shape index (κ2) is 13.7. The van der Waals surface area contributed by atoms with Crippen molar-refractivity contribution in [3.8, 4) is 5.75 Å². The summed E-state index contributed by atoms with van der Waals surface area (Å²) in [5, 5.41) is 20.5. The molecule has 3 heterocycles. The largest absolute Gasteiger partial charge is 0.573 e. The minimum absolute atomic E-state index is 0.0154. The Balaban J connectivity index is 1.20. The van der Waals surface area contributed by atoms with Crippen molar-refractivity contribution in [2.45, 2.75) is 51.1 Å². The zero-order valence-corrected chi connectivity index (χ0v) is 23.0. The van der Waals surface area contributed by atoms with Crippen LogP contribution in [0.5, 0.6) is 5.75 Å². The number of hydrogen-bond donors (Lipinski definition) is 2. The van der Waals surface area contributed by atoms with Gasteiger partial charge in [0.2, 0.25) is 11.0 Å². The first-order valence-electron chi connectivity index (χ1n) is 12.5. The molecule has 0 fully saturated rings. The summed E-state index contributed by atoms with van der Waals surface area (Å²) in [6.45, 7) is -0.500. The minimum Gasteiger partial charge on any atom is -0.406 e. The number of anilines is 1. The third-order valence-corrected chi connectivity index (χ3v) is 6.51. The Labute approximate surface area is 247 Å². The summed E-state index contributed by atoms with van der Waals surface area (Å²) in [6.07, 6.45) is -7.96. The van der Waals surface area contributed by atoms with Gasteiger partial charge in [-0.05, 0) is 35.7 Å². The van der Waals surface area contributed by atoms with Crippen LogP contribution in [0.1, 0.15) is 38.6 Å². The molecule has 19 heteroatoms. The highest BCUT2D eigenvalue weighted by molar-refractivity contribution is 7.15. The second-order valence-corrected chi connectivity index (χ2v) is 10.2. The van der Waals surface area contributed by atoms with Gasteiger partial charge in [0.15, 0.2) is 5.69 Å². The third kappa shape index (κ3) is 9.96. The Hall–Kier alpha value is -4.68. The molecule has 11 nitrogen and oxygen atoms in total. The van der Waals surface area contributed by atoms with Gasteiger partial charge < -0.3 is 15.4 Å². The van der Waals surface area contributed by atoms with Gasteiger partial charge in [-0.3, -0.25) is 14.6 Å². The molecule has 0 saturated heterocycles. The highest BCUT2D eigenvalue weighted by Crippen LogP contribution is 2.29. The van der Waals surface area contributed by atoms with Crippen molar-refractivity contribution < 1.29 is 45.1 Å². The van der Waals surface area contributed by atoms with E-state index in [-0.39, 0.29) is 54.3 Å². The smallest absolute Gasteiger partial charge is 0.406 e. The maximum atomic E-state index is 14.6. The molecular weight excluding hydrogens is 625 g/mol. The maximum absolute atomic E-state index is 14.6. The lowest BCUT2D eigenvalue weighted by Gasteiger charge is -2.09. The summed E-state index contributed by atoms with van der Waals surface area (Å²) in [5.74, 6) is -1.74. The number of carbonyl (C=O) groups excluding carboxylic acids is 2. The van der Waals surface area contributed by atoms with Crippen molar-refractivity contribution in [1.82, 2.24) is 35.5 Å². The Bertz CT molecular complexity index is 1590. The van der Waals surface area contributed by atoms with Crippen LogP contribution in [0.25, 0.3) is 0 Å². The quantitative estimate of drug-likeness (QED) is 0.215. The van der Waals surface area contributed by atoms with E-state index in [0.717, 1.165) is 34.2 Å². The zero-order valence-electron chi connectivity index (χ0n) is 22.2. The van der Waals surface area contributed by atoms with E-state index < -0.39 is 41.8 Å². The fourth-order valence-corrected chi connectivity index (χ4v) is 4.46. The second-order valence-electron chi connectivity index (χ2n) is 9.15. The van der Waals surface area contributed by atoms with Gasteiger partial charge >= 0.3 is 12.5 Å². The molecular formula is C25H21F7N8O3S.